The highest BCUT2D eigenvalue weighted by Crippen LogP contribution is 2.32. The van der Waals surface area contributed by atoms with Crippen LogP contribution >= 0.6 is 0 Å². The summed E-state index contributed by atoms with van der Waals surface area (Å²) in [7, 11) is 0. The second kappa shape index (κ2) is 2.98. The lowest BCUT2D eigenvalue weighted by molar-refractivity contribution is 0.340. The summed E-state index contributed by atoms with van der Waals surface area (Å²) in [6.07, 6.45) is 7.39. The summed E-state index contributed by atoms with van der Waals surface area (Å²) in [5.41, 5.74) is 0. The smallest absolute Gasteiger partial charge is 0.00159 e. The maximum absolute atomic E-state index is 2.59. The van der Waals surface area contributed by atoms with Gasteiger partial charge in [-0.3, -0.25) is 0 Å². The molecule has 1 aliphatic heterocycles. The second-order valence-corrected chi connectivity index (χ2v) is 3.82. The first kappa shape index (κ1) is 7.35. The van der Waals surface area contributed by atoms with Crippen molar-refractivity contribution in [2.45, 2.75) is 19.8 Å². The van der Waals surface area contributed by atoms with Gasteiger partial charge in [-0.25, -0.2) is 0 Å². The molecule has 0 aromatic carbocycles. The van der Waals surface area contributed by atoms with Crippen LogP contribution in [0.25, 0.3) is 0 Å². The van der Waals surface area contributed by atoms with Crippen LogP contribution in [0.2, 0.25) is 0 Å². The molecule has 62 valence electrons. The average Bonchev–Trinajstić information content (AvgIpc) is 2.46. The van der Waals surface area contributed by atoms with E-state index in [1.165, 1.54) is 32.5 Å². The summed E-state index contributed by atoms with van der Waals surface area (Å²) < 4.78 is 0. The molecule has 1 fully saturated rings. The third-order valence-corrected chi connectivity index (χ3v) is 3.14. The highest BCUT2D eigenvalue weighted by atomic mass is 15.1. The minimum Gasteiger partial charge on any atom is -0.303 e. The van der Waals surface area contributed by atoms with E-state index in [1.54, 1.807) is 0 Å². The van der Waals surface area contributed by atoms with Crippen LogP contribution in [-0.4, -0.2) is 24.5 Å². The van der Waals surface area contributed by atoms with Crippen LogP contribution in [0.1, 0.15) is 19.8 Å². The molecule has 0 spiro atoms. The van der Waals surface area contributed by atoms with E-state index in [0.717, 1.165) is 11.8 Å². The molecule has 0 amide bonds. The maximum Gasteiger partial charge on any atom is 0.00159 e. The summed E-state index contributed by atoms with van der Waals surface area (Å²) in [4.78, 5) is 2.59. The molecule has 2 aliphatic rings. The number of rotatable bonds is 1. The Labute approximate surface area is 69.1 Å². The molecule has 0 N–H and O–H groups in total. The van der Waals surface area contributed by atoms with E-state index in [9.17, 15) is 0 Å². The zero-order valence-electron chi connectivity index (χ0n) is 7.29. The summed E-state index contributed by atoms with van der Waals surface area (Å²) in [6, 6.07) is 0. The van der Waals surface area contributed by atoms with Gasteiger partial charge in [0.2, 0.25) is 0 Å². The van der Waals surface area contributed by atoms with Crippen LogP contribution < -0.4 is 0 Å². The molecule has 0 bridgehead atoms. The Balaban J connectivity index is 1.98. The Morgan fingerprint density at radius 1 is 1.18 bits per heavy atom. The summed E-state index contributed by atoms with van der Waals surface area (Å²) in [6.45, 7) is 6.22. The molecule has 0 aromatic rings. The largest absolute Gasteiger partial charge is 0.303 e. The molecule has 0 aromatic heterocycles. The van der Waals surface area contributed by atoms with Crippen molar-refractivity contribution in [2.75, 3.05) is 19.6 Å². The van der Waals surface area contributed by atoms with E-state index in [2.05, 4.69) is 24.0 Å². The summed E-state index contributed by atoms with van der Waals surface area (Å²) in [5, 5.41) is 0. The molecule has 2 atom stereocenters. The van der Waals surface area contributed by atoms with Gasteiger partial charge in [-0.1, -0.05) is 19.1 Å². The van der Waals surface area contributed by atoms with Crippen molar-refractivity contribution in [1.82, 2.24) is 4.90 Å². The number of allylic oxidation sites excluding steroid dienone is 2. The third-order valence-electron chi connectivity index (χ3n) is 3.14. The van der Waals surface area contributed by atoms with Crippen molar-refractivity contribution in [1.29, 1.82) is 0 Å². The molecule has 0 saturated carbocycles. The van der Waals surface area contributed by atoms with Gasteiger partial charge in [0.05, 0.1) is 0 Å². The van der Waals surface area contributed by atoms with Crippen LogP contribution in [-0.2, 0) is 0 Å². The monoisotopic (exact) mass is 151 g/mol. The van der Waals surface area contributed by atoms with Gasteiger partial charge in [-0.2, -0.15) is 0 Å². The van der Waals surface area contributed by atoms with Crippen molar-refractivity contribution < 1.29 is 0 Å². The van der Waals surface area contributed by atoms with Crippen molar-refractivity contribution in [3.63, 3.8) is 0 Å². The maximum atomic E-state index is 2.59. The van der Waals surface area contributed by atoms with E-state index < -0.39 is 0 Å². The fourth-order valence-corrected chi connectivity index (χ4v) is 2.37. The van der Waals surface area contributed by atoms with Gasteiger partial charge < -0.3 is 4.90 Å². The lowest BCUT2D eigenvalue weighted by atomic mass is 9.86. The molecule has 11 heavy (non-hydrogen) atoms. The number of fused-ring (bicyclic) bond motifs is 1. The zero-order valence-corrected chi connectivity index (χ0v) is 7.29. The van der Waals surface area contributed by atoms with Crippen molar-refractivity contribution in [2.24, 2.45) is 11.8 Å². The fraction of sp³-hybridized carbons (Fsp3) is 0.800. The van der Waals surface area contributed by atoms with Crippen LogP contribution in [0.5, 0.6) is 0 Å². The molecule has 1 saturated heterocycles. The van der Waals surface area contributed by atoms with E-state index in [1.807, 2.05) is 0 Å². The molecule has 1 aliphatic carbocycles. The lowest BCUT2D eigenvalue weighted by Crippen LogP contribution is -2.19. The van der Waals surface area contributed by atoms with Gasteiger partial charge in [0, 0.05) is 13.1 Å². The fourth-order valence-electron chi connectivity index (χ4n) is 2.37. The first-order valence-corrected chi connectivity index (χ1v) is 4.77. The van der Waals surface area contributed by atoms with Crippen molar-refractivity contribution in [3.8, 4) is 0 Å². The Bertz CT molecular complexity index is 146. The Morgan fingerprint density at radius 2 is 1.73 bits per heavy atom. The van der Waals surface area contributed by atoms with Gasteiger partial charge in [-0.05, 0) is 31.2 Å². The standard InChI is InChI=1S/C10H17N/c1-2-11-7-9-5-3-4-6-10(9)8-11/h3-4,9-10H,2,5-8H2,1H3. The third kappa shape index (κ3) is 1.34. The van der Waals surface area contributed by atoms with Crippen LogP contribution in [0, 0.1) is 11.8 Å². The molecular formula is C10H17N. The number of likely N-dealkylation sites (tertiary alicyclic amines) is 1. The van der Waals surface area contributed by atoms with Crippen molar-refractivity contribution >= 4 is 0 Å². The summed E-state index contributed by atoms with van der Waals surface area (Å²) in [5.74, 6) is 1.97. The molecule has 2 unspecified atom stereocenters. The highest BCUT2D eigenvalue weighted by Gasteiger charge is 2.31. The Morgan fingerprint density at radius 3 is 2.18 bits per heavy atom. The lowest BCUT2D eigenvalue weighted by Gasteiger charge is -2.18. The van der Waals surface area contributed by atoms with Crippen LogP contribution in [0.3, 0.4) is 0 Å². The number of nitrogens with zero attached hydrogens (tertiary/aromatic N) is 1. The minimum absolute atomic E-state index is 0.986. The predicted octanol–water partition coefficient (Wildman–Crippen LogP) is 1.90. The Hall–Kier alpha value is -0.300. The normalized spacial score (nSPS) is 37.5. The topological polar surface area (TPSA) is 3.24 Å². The van der Waals surface area contributed by atoms with Gasteiger partial charge in [0.1, 0.15) is 0 Å². The number of hydrogen-bond donors (Lipinski definition) is 0. The molecule has 1 heterocycles. The van der Waals surface area contributed by atoms with E-state index in [4.69, 9.17) is 0 Å². The molecule has 1 nitrogen and oxygen atoms in total. The molecule has 2 rings (SSSR count). The first-order valence-electron chi connectivity index (χ1n) is 4.77. The predicted molar refractivity (Wildman–Crippen MR) is 47.5 cm³/mol. The summed E-state index contributed by atoms with van der Waals surface area (Å²) >= 11 is 0. The molecule has 0 radical (unpaired) electrons. The van der Waals surface area contributed by atoms with Gasteiger partial charge in [0.25, 0.3) is 0 Å². The van der Waals surface area contributed by atoms with Crippen LogP contribution in [0.4, 0.5) is 0 Å². The second-order valence-electron chi connectivity index (χ2n) is 3.82. The molecule has 1 heteroatoms. The van der Waals surface area contributed by atoms with E-state index >= 15 is 0 Å². The van der Waals surface area contributed by atoms with Crippen LogP contribution in [0.15, 0.2) is 12.2 Å². The average molecular weight is 151 g/mol. The highest BCUT2D eigenvalue weighted by molar-refractivity contribution is 4.99. The first-order chi connectivity index (χ1) is 5.40. The van der Waals surface area contributed by atoms with Crippen molar-refractivity contribution in [3.05, 3.63) is 12.2 Å². The minimum atomic E-state index is 0.986. The SMILES string of the molecule is CCN1CC2CC=CCC2C1. The molecular weight excluding hydrogens is 134 g/mol. The van der Waals surface area contributed by atoms with E-state index in [0.29, 0.717) is 0 Å². The Kier molecular flexibility index (Phi) is 1.99. The zero-order chi connectivity index (χ0) is 7.68. The van der Waals surface area contributed by atoms with Gasteiger partial charge in [0.15, 0.2) is 0 Å². The van der Waals surface area contributed by atoms with Gasteiger partial charge in [-0.15, -0.1) is 0 Å². The number of hydrogen-bond acceptors (Lipinski definition) is 1. The quantitative estimate of drug-likeness (QED) is 0.517. The van der Waals surface area contributed by atoms with E-state index in [-0.39, 0.29) is 0 Å². The van der Waals surface area contributed by atoms with Gasteiger partial charge >= 0.3 is 0 Å².